The molecule has 0 aliphatic rings. The van der Waals surface area contributed by atoms with Crippen molar-refractivity contribution in [2.45, 2.75) is 25.3 Å². The second kappa shape index (κ2) is 7.91. The van der Waals surface area contributed by atoms with Crippen molar-refractivity contribution in [3.63, 3.8) is 0 Å². The topological polar surface area (TPSA) is 55.5 Å². The number of hydrogen-bond acceptors (Lipinski definition) is 3. The number of aromatic hydroxyl groups is 1. The van der Waals surface area contributed by atoms with Crippen LogP contribution in [-0.4, -0.2) is 17.8 Å². The minimum Gasteiger partial charge on any atom is -0.508 e. The molecular weight excluding hydrogens is 286 g/mol. The van der Waals surface area contributed by atoms with E-state index in [1.54, 1.807) is 18.2 Å². The highest BCUT2D eigenvalue weighted by atomic mass is 35.5. The molecule has 0 radical (unpaired) electrons. The Hall–Kier alpha value is -1.71. The van der Waals surface area contributed by atoms with Gasteiger partial charge in [-0.1, -0.05) is 29.8 Å². The molecule has 112 valence electrons. The zero-order chi connectivity index (χ0) is 15.1. The van der Waals surface area contributed by atoms with Gasteiger partial charge in [-0.2, -0.15) is 0 Å². The van der Waals surface area contributed by atoms with Crippen LogP contribution in [-0.2, 0) is 6.42 Å². The van der Waals surface area contributed by atoms with E-state index >= 15 is 0 Å². The zero-order valence-corrected chi connectivity index (χ0v) is 12.6. The Labute approximate surface area is 130 Å². The van der Waals surface area contributed by atoms with E-state index in [9.17, 15) is 5.11 Å². The molecule has 2 aromatic carbocycles. The summed E-state index contributed by atoms with van der Waals surface area (Å²) in [6, 6.07) is 14.7. The van der Waals surface area contributed by atoms with Crippen molar-refractivity contribution in [1.29, 1.82) is 0 Å². The second-order valence-corrected chi connectivity index (χ2v) is 5.45. The quantitative estimate of drug-likeness (QED) is 0.818. The van der Waals surface area contributed by atoms with Crippen LogP contribution >= 0.6 is 11.6 Å². The van der Waals surface area contributed by atoms with Gasteiger partial charge in [-0.15, -0.1) is 0 Å². The Morgan fingerprint density at radius 2 is 1.76 bits per heavy atom. The molecule has 0 heterocycles. The van der Waals surface area contributed by atoms with Gasteiger partial charge in [0, 0.05) is 11.1 Å². The molecule has 1 atom stereocenters. The highest BCUT2D eigenvalue weighted by molar-refractivity contribution is 6.30. The molecule has 0 amide bonds. The van der Waals surface area contributed by atoms with E-state index in [-0.39, 0.29) is 6.04 Å². The van der Waals surface area contributed by atoms with Crippen LogP contribution in [0.5, 0.6) is 11.5 Å². The summed E-state index contributed by atoms with van der Waals surface area (Å²) >= 11 is 5.81. The number of aryl methyl sites for hydroxylation is 1. The molecule has 3 N–H and O–H groups in total. The van der Waals surface area contributed by atoms with Gasteiger partial charge in [0.2, 0.25) is 0 Å². The van der Waals surface area contributed by atoms with Crippen molar-refractivity contribution < 1.29 is 9.84 Å². The lowest BCUT2D eigenvalue weighted by atomic mass is 10.0. The third-order valence-electron chi connectivity index (χ3n) is 3.35. The standard InChI is InChI=1S/C17H20ClNO2/c18-14-6-9-16(10-7-14)21-12-11-15(19)8-5-13-3-1-2-4-17(13)20/h1-4,6-7,9-10,15,20H,5,8,11-12,19H2. The van der Waals surface area contributed by atoms with Crippen LogP contribution in [0.1, 0.15) is 18.4 Å². The first-order valence-corrected chi connectivity index (χ1v) is 7.44. The van der Waals surface area contributed by atoms with Gasteiger partial charge in [-0.3, -0.25) is 0 Å². The fourth-order valence-electron chi connectivity index (χ4n) is 2.07. The molecule has 0 saturated carbocycles. The fourth-order valence-corrected chi connectivity index (χ4v) is 2.19. The average molecular weight is 306 g/mol. The lowest BCUT2D eigenvalue weighted by Gasteiger charge is -2.13. The Morgan fingerprint density at radius 3 is 2.48 bits per heavy atom. The number of halogens is 1. The first kappa shape index (κ1) is 15.7. The predicted molar refractivity (Wildman–Crippen MR) is 86.0 cm³/mol. The van der Waals surface area contributed by atoms with E-state index < -0.39 is 0 Å². The summed E-state index contributed by atoms with van der Waals surface area (Å²) < 4.78 is 5.62. The summed E-state index contributed by atoms with van der Waals surface area (Å²) in [6.07, 6.45) is 2.37. The maximum Gasteiger partial charge on any atom is 0.119 e. The molecule has 21 heavy (non-hydrogen) atoms. The van der Waals surface area contributed by atoms with Gasteiger partial charge >= 0.3 is 0 Å². The van der Waals surface area contributed by atoms with Crippen LogP contribution in [0.2, 0.25) is 5.02 Å². The number of phenolic OH excluding ortho intramolecular Hbond substituents is 1. The van der Waals surface area contributed by atoms with Crippen LogP contribution < -0.4 is 10.5 Å². The Kier molecular flexibility index (Phi) is 5.90. The summed E-state index contributed by atoms with van der Waals surface area (Å²) in [5.74, 6) is 1.13. The van der Waals surface area contributed by atoms with Gasteiger partial charge in [0.25, 0.3) is 0 Å². The molecule has 0 aliphatic heterocycles. The Balaban J connectivity index is 1.69. The van der Waals surface area contributed by atoms with Crippen LogP contribution in [0.3, 0.4) is 0 Å². The molecule has 2 rings (SSSR count). The molecule has 0 fully saturated rings. The number of benzene rings is 2. The fraction of sp³-hybridized carbons (Fsp3) is 0.294. The van der Waals surface area contributed by atoms with Crippen molar-refractivity contribution >= 4 is 11.6 Å². The predicted octanol–water partition coefficient (Wildman–Crippen LogP) is 3.77. The number of nitrogens with two attached hydrogens (primary N) is 1. The van der Waals surface area contributed by atoms with E-state index in [1.807, 2.05) is 30.3 Å². The summed E-state index contributed by atoms with van der Waals surface area (Å²) in [6.45, 7) is 0.573. The molecule has 2 aromatic rings. The lowest BCUT2D eigenvalue weighted by molar-refractivity contribution is 0.294. The second-order valence-electron chi connectivity index (χ2n) is 5.02. The molecule has 4 heteroatoms. The molecular formula is C17H20ClNO2. The highest BCUT2D eigenvalue weighted by Gasteiger charge is 2.06. The SMILES string of the molecule is NC(CCOc1ccc(Cl)cc1)CCc1ccccc1O. The van der Waals surface area contributed by atoms with Crippen molar-refractivity contribution in [3.05, 3.63) is 59.1 Å². The van der Waals surface area contributed by atoms with Gasteiger partial charge in [-0.25, -0.2) is 0 Å². The summed E-state index contributed by atoms with van der Waals surface area (Å²) in [5, 5.41) is 10.4. The zero-order valence-electron chi connectivity index (χ0n) is 11.8. The Bertz CT molecular complexity index is 557. The highest BCUT2D eigenvalue weighted by Crippen LogP contribution is 2.19. The maximum absolute atomic E-state index is 9.69. The number of para-hydroxylation sites is 1. The third kappa shape index (κ3) is 5.29. The first-order chi connectivity index (χ1) is 10.1. The molecule has 0 aliphatic carbocycles. The normalized spacial score (nSPS) is 12.1. The van der Waals surface area contributed by atoms with Gasteiger partial charge < -0.3 is 15.6 Å². The van der Waals surface area contributed by atoms with Crippen molar-refractivity contribution in [2.75, 3.05) is 6.61 Å². The maximum atomic E-state index is 9.69. The van der Waals surface area contributed by atoms with Crippen molar-refractivity contribution in [3.8, 4) is 11.5 Å². The molecule has 0 bridgehead atoms. The number of hydrogen-bond donors (Lipinski definition) is 2. The summed E-state index contributed by atoms with van der Waals surface area (Å²) in [4.78, 5) is 0. The van der Waals surface area contributed by atoms with Crippen molar-refractivity contribution in [2.24, 2.45) is 5.73 Å². The van der Waals surface area contributed by atoms with Gasteiger partial charge in [0.1, 0.15) is 11.5 Å². The van der Waals surface area contributed by atoms with E-state index in [1.165, 1.54) is 0 Å². The molecule has 0 saturated heterocycles. The summed E-state index contributed by atoms with van der Waals surface area (Å²) in [5.41, 5.74) is 7.01. The smallest absolute Gasteiger partial charge is 0.119 e. The number of phenols is 1. The largest absolute Gasteiger partial charge is 0.508 e. The first-order valence-electron chi connectivity index (χ1n) is 7.06. The van der Waals surface area contributed by atoms with E-state index in [0.29, 0.717) is 17.4 Å². The van der Waals surface area contributed by atoms with Crippen LogP contribution in [0, 0.1) is 0 Å². The van der Waals surface area contributed by atoms with Crippen molar-refractivity contribution in [1.82, 2.24) is 0 Å². The molecule has 0 spiro atoms. The average Bonchev–Trinajstić information content (AvgIpc) is 2.48. The van der Waals surface area contributed by atoms with E-state index in [0.717, 1.165) is 30.6 Å². The number of ether oxygens (including phenoxy) is 1. The molecule has 1 unspecified atom stereocenters. The van der Waals surface area contributed by atoms with E-state index in [4.69, 9.17) is 22.1 Å². The third-order valence-corrected chi connectivity index (χ3v) is 3.60. The van der Waals surface area contributed by atoms with Gasteiger partial charge in [0.15, 0.2) is 0 Å². The minimum absolute atomic E-state index is 0.0527. The molecule has 3 nitrogen and oxygen atoms in total. The minimum atomic E-state index is 0.0527. The van der Waals surface area contributed by atoms with E-state index in [2.05, 4.69) is 0 Å². The monoisotopic (exact) mass is 305 g/mol. The molecule has 0 aromatic heterocycles. The van der Waals surface area contributed by atoms with Crippen LogP contribution in [0.15, 0.2) is 48.5 Å². The van der Waals surface area contributed by atoms with Crippen LogP contribution in [0.4, 0.5) is 0 Å². The lowest BCUT2D eigenvalue weighted by Crippen LogP contribution is -2.23. The van der Waals surface area contributed by atoms with Crippen LogP contribution in [0.25, 0.3) is 0 Å². The summed E-state index contributed by atoms with van der Waals surface area (Å²) in [7, 11) is 0. The number of rotatable bonds is 7. The Morgan fingerprint density at radius 1 is 1.05 bits per heavy atom. The van der Waals surface area contributed by atoms with Gasteiger partial charge in [-0.05, 0) is 55.2 Å². The van der Waals surface area contributed by atoms with Gasteiger partial charge in [0.05, 0.1) is 6.61 Å².